The van der Waals surface area contributed by atoms with Crippen LogP contribution >= 0.6 is 0 Å². The van der Waals surface area contributed by atoms with Crippen LogP contribution in [0.4, 0.5) is 0 Å². The molecule has 2 aromatic rings. The molecule has 0 amide bonds. The summed E-state index contributed by atoms with van der Waals surface area (Å²) < 4.78 is 6.26. The van der Waals surface area contributed by atoms with Crippen molar-refractivity contribution >= 4 is 5.97 Å². The first-order chi connectivity index (χ1) is 9.54. The van der Waals surface area contributed by atoms with E-state index in [1.807, 2.05) is 13.8 Å². The predicted octanol–water partition coefficient (Wildman–Crippen LogP) is 2.28. The molecule has 0 atom stereocenters. The molecular formula is C15H16N2O3. The molecule has 2 rings (SSSR count). The number of rotatable bonds is 3. The van der Waals surface area contributed by atoms with Crippen molar-refractivity contribution in [2.24, 2.45) is 0 Å². The van der Waals surface area contributed by atoms with Crippen LogP contribution in [0.1, 0.15) is 30.2 Å². The molecule has 2 aromatic heterocycles. The molecule has 104 valence electrons. The minimum absolute atomic E-state index is 0.0484. The number of hydrogen-bond acceptors (Lipinski definition) is 4. The molecular weight excluding hydrogens is 256 g/mol. The van der Waals surface area contributed by atoms with Gasteiger partial charge >= 0.3 is 5.97 Å². The van der Waals surface area contributed by atoms with Crippen molar-refractivity contribution in [2.75, 3.05) is 7.11 Å². The molecule has 20 heavy (non-hydrogen) atoms. The number of methoxy groups -OCH3 is 1. The lowest BCUT2D eigenvalue weighted by Crippen LogP contribution is -2.24. The third-order valence-corrected chi connectivity index (χ3v) is 3.01. The first-order valence-corrected chi connectivity index (χ1v) is 6.29. The van der Waals surface area contributed by atoms with Crippen LogP contribution in [0.2, 0.25) is 0 Å². The fourth-order valence-corrected chi connectivity index (χ4v) is 1.95. The molecule has 0 aliphatic rings. The van der Waals surface area contributed by atoms with Gasteiger partial charge in [-0.2, -0.15) is 0 Å². The number of carbonyl (C=O) groups is 1. The highest BCUT2D eigenvalue weighted by atomic mass is 16.5. The van der Waals surface area contributed by atoms with Crippen molar-refractivity contribution in [3.05, 3.63) is 52.7 Å². The van der Waals surface area contributed by atoms with Gasteiger partial charge in [0.1, 0.15) is 0 Å². The Hall–Kier alpha value is -2.43. The van der Waals surface area contributed by atoms with Crippen LogP contribution in [-0.4, -0.2) is 22.6 Å². The maximum Gasteiger partial charge on any atom is 0.339 e. The van der Waals surface area contributed by atoms with Crippen molar-refractivity contribution in [3.8, 4) is 11.1 Å². The van der Waals surface area contributed by atoms with Crippen molar-refractivity contribution in [3.63, 3.8) is 0 Å². The Labute approximate surface area is 116 Å². The molecule has 0 bridgehead atoms. The first-order valence-electron chi connectivity index (χ1n) is 6.29. The zero-order valence-electron chi connectivity index (χ0n) is 11.7. The lowest BCUT2D eigenvalue weighted by molar-refractivity contribution is 0.0599. The summed E-state index contributed by atoms with van der Waals surface area (Å²) in [5.74, 6) is -0.463. The minimum atomic E-state index is -0.463. The van der Waals surface area contributed by atoms with E-state index in [1.54, 1.807) is 30.6 Å². The van der Waals surface area contributed by atoms with E-state index in [-0.39, 0.29) is 11.6 Å². The molecule has 0 fully saturated rings. The fraction of sp³-hybridized carbons (Fsp3) is 0.267. The Morgan fingerprint density at radius 2 is 1.95 bits per heavy atom. The van der Waals surface area contributed by atoms with E-state index in [0.29, 0.717) is 11.1 Å². The SMILES string of the molecule is COC(=O)c1cc(-c2ccncc2)c(=O)n(C(C)C)c1. The Morgan fingerprint density at radius 3 is 2.50 bits per heavy atom. The normalized spacial score (nSPS) is 10.6. The monoisotopic (exact) mass is 272 g/mol. The van der Waals surface area contributed by atoms with Crippen LogP contribution in [0.5, 0.6) is 0 Å². The van der Waals surface area contributed by atoms with Crippen LogP contribution in [0.3, 0.4) is 0 Å². The van der Waals surface area contributed by atoms with Crippen LogP contribution in [0.15, 0.2) is 41.6 Å². The topological polar surface area (TPSA) is 61.2 Å². The van der Waals surface area contributed by atoms with E-state index >= 15 is 0 Å². The lowest BCUT2D eigenvalue weighted by Gasteiger charge is -2.14. The van der Waals surface area contributed by atoms with Gasteiger partial charge in [-0.1, -0.05) is 0 Å². The predicted molar refractivity (Wildman–Crippen MR) is 75.7 cm³/mol. The van der Waals surface area contributed by atoms with Crippen molar-refractivity contribution in [1.82, 2.24) is 9.55 Å². The molecule has 0 spiro atoms. The van der Waals surface area contributed by atoms with Crippen LogP contribution in [-0.2, 0) is 4.74 Å². The Balaban J connectivity index is 2.70. The molecule has 0 aliphatic carbocycles. The van der Waals surface area contributed by atoms with Gasteiger partial charge in [0, 0.05) is 30.2 Å². The maximum absolute atomic E-state index is 12.5. The quantitative estimate of drug-likeness (QED) is 0.804. The second-order valence-corrected chi connectivity index (χ2v) is 4.68. The largest absolute Gasteiger partial charge is 0.465 e. The van der Waals surface area contributed by atoms with Crippen molar-refractivity contribution in [1.29, 1.82) is 0 Å². The lowest BCUT2D eigenvalue weighted by atomic mass is 10.1. The van der Waals surface area contributed by atoms with Crippen molar-refractivity contribution < 1.29 is 9.53 Å². The number of carbonyl (C=O) groups excluding carboxylic acids is 1. The summed E-state index contributed by atoms with van der Waals surface area (Å²) in [4.78, 5) is 28.1. The van der Waals surface area contributed by atoms with Crippen LogP contribution in [0.25, 0.3) is 11.1 Å². The third kappa shape index (κ3) is 2.61. The maximum atomic E-state index is 12.5. The summed E-state index contributed by atoms with van der Waals surface area (Å²) in [5.41, 5.74) is 1.40. The highest BCUT2D eigenvalue weighted by Crippen LogP contribution is 2.17. The highest BCUT2D eigenvalue weighted by molar-refractivity contribution is 5.90. The molecule has 0 unspecified atom stereocenters. The van der Waals surface area contributed by atoms with E-state index in [1.165, 1.54) is 17.9 Å². The van der Waals surface area contributed by atoms with Gasteiger partial charge in [0.2, 0.25) is 0 Å². The molecule has 0 aliphatic heterocycles. The molecule has 0 N–H and O–H groups in total. The Kier molecular flexibility index (Phi) is 3.98. The third-order valence-electron chi connectivity index (χ3n) is 3.01. The van der Waals surface area contributed by atoms with Gasteiger partial charge in [0.15, 0.2) is 0 Å². The van der Waals surface area contributed by atoms with E-state index < -0.39 is 5.97 Å². The fourth-order valence-electron chi connectivity index (χ4n) is 1.95. The smallest absolute Gasteiger partial charge is 0.339 e. The average Bonchev–Trinajstić information content (AvgIpc) is 2.47. The van der Waals surface area contributed by atoms with E-state index in [9.17, 15) is 9.59 Å². The number of aromatic nitrogens is 2. The van der Waals surface area contributed by atoms with Crippen LogP contribution < -0.4 is 5.56 Å². The first kappa shape index (κ1) is 14.0. The van der Waals surface area contributed by atoms with Crippen LogP contribution in [0, 0.1) is 0 Å². The number of pyridine rings is 2. The average molecular weight is 272 g/mol. The van der Waals surface area contributed by atoms with E-state index in [4.69, 9.17) is 4.74 Å². The second-order valence-electron chi connectivity index (χ2n) is 4.68. The number of nitrogens with zero attached hydrogens (tertiary/aromatic N) is 2. The minimum Gasteiger partial charge on any atom is -0.465 e. The number of ether oxygens (including phenoxy) is 1. The van der Waals surface area contributed by atoms with Gasteiger partial charge in [0.25, 0.3) is 5.56 Å². The standard InChI is InChI=1S/C15H16N2O3/c1-10(2)17-9-12(15(19)20-3)8-13(14(17)18)11-4-6-16-7-5-11/h4-10H,1-3H3. The summed E-state index contributed by atoms with van der Waals surface area (Å²) in [5, 5.41) is 0. The van der Waals surface area contributed by atoms with Gasteiger partial charge in [0.05, 0.1) is 12.7 Å². The molecule has 2 heterocycles. The molecule has 0 saturated heterocycles. The summed E-state index contributed by atoms with van der Waals surface area (Å²) in [6, 6.07) is 4.99. The summed E-state index contributed by atoms with van der Waals surface area (Å²) >= 11 is 0. The molecule has 0 saturated carbocycles. The number of hydrogen-bond donors (Lipinski definition) is 0. The zero-order chi connectivity index (χ0) is 14.7. The molecule has 5 heteroatoms. The Morgan fingerprint density at radius 1 is 1.30 bits per heavy atom. The Bertz CT molecular complexity index is 675. The summed E-state index contributed by atoms with van der Waals surface area (Å²) in [7, 11) is 1.32. The van der Waals surface area contributed by atoms with Gasteiger partial charge in [-0.05, 0) is 37.6 Å². The van der Waals surface area contributed by atoms with E-state index in [2.05, 4.69) is 4.98 Å². The van der Waals surface area contributed by atoms with Gasteiger partial charge in [-0.3, -0.25) is 9.78 Å². The van der Waals surface area contributed by atoms with Crippen molar-refractivity contribution in [2.45, 2.75) is 19.9 Å². The summed E-state index contributed by atoms with van der Waals surface area (Å²) in [6.45, 7) is 3.78. The van der Waals surface area contributed by atoms with Gasteiger partial charge in [-0.25, -0.2) is 4.79 Å². The van der Waals surface area contributed by atoms with Gasteiger partial charge < -0.3 is 9.30 Å². The second kappa shape index (κ2) is 5.69. The van der Waals surface area contributed by atoms with Gasteiger partial charge in [-0.15, -0.1) is 0 Å². The highest BCUT2D eigenvalue weighted by Gasteiger charge is 2.15. The summed E-state index contributed by atoms with van der Waals surface area (Å²) in [6.07, 6.45) is 4.75. The zero-order valence-corrected chi connectivity index (χ0v) is 11.7. The van der Waals surface area contributed by atoms with E-state index in [0.717, 1.165) is 5.56 Å². The molecule has 0 aromatic carbocycles. The molecule has 5 nitrogen and oxygen atoms in total. The molecule has 0 radical (unpaired) electrons. The number of esters is 1.